The maximum Gasteiger partial charge on any atom is 0.296 e. The van der Waals surface area contributed by atoms with Crippen molar-refractivity contribution in [3.05, 3.63) is 24.0 Å². The van der Waals surface area contributed by atoms with E-state index >= 15 is 0 Å². The highest BCUT2D eigenvalue weighted by Gasteiger charge is 2.28. The van der Waals surface area contributed by atoms with E-state index in [0.29, 0.717) is 56.6 Å². The van der Waals surface area contributed by atoms with E-state index in [1.54, 1.807) is 23.1 Å². The Morgan fingerprint density at radius 3 is 2.70 bits per heavy atom. The molecule has 1 unspecified atom stereocenters. The molecule has 2 fully saturated rings. The lowest BCUT2D eigenvalue weighted by Crippen LogP contribution is -2.46. The molecule has 2 aliphatic heterocycles. The van der Waals surface area contributed by atoms with Crippen molar-refractivity contribution in [3.8, 4) is 11.7 Å². The van der Waals surface area contributed by atoms with Gasteiger partial charge in [0.15, 0.2) is 5.82 Å². The summed E-state index contributed by atoms with van der Waals surface area (Å²) in [4.78, 5) is 33.6. The summed E-state index contributed by atoms with van der Waals surface area (Å²) in [6.07, 6.45) is -1.31. The van der Waals surface area contributed by atoms with Crippen LogP contribution in [-0.4, -0.2) is 93.7 Å². The van der Waals surface area contributed by atoms with Crippen LogP contribution in [0, 0.1) is 0 Å². The normalized spacial score (nSPS) is 18.5. The third-order valence-electron chi connectivity index (χ3n) is 6.42. The van der Waals surface area contributed by atoms with Gasteiger partial charge in [0.25, 0.3) is 6.43 Å². The van der Waals surface area contributed by atoms with Crippen molar-refractivity contribution >= 4 is 40.4 Å². The van der Waals surface area contributed by atoms with Crippen LogP contribution in [0.5, 0.6) is 5.75 Å². The Hall–Kier alpha value is -3.32. The molecule has 0 aliphatic carbocycles. The van der Waals surface area contributed by atoms with E-state index in [9.17, 15) is 13.6 Å². The number of para-hydroxylation sites is 1. The second kappa shape index (κ2) is 11.0. The summed E-state index contributed by atoms with van der Waals surface area (Å²) in [5.41, 5.74) is 0.668. The Morgan fingerprint density at radius 2 is 1.97 bits per heavy atom. The summed E-state index contributed by atoms with van der Waals surface area (Å²) in [5.74, 6) is 0.212. The van der Waals surface area contributed by atoms with Crippen molar-refractivity contribution in [2.75, 3.05) is 62.6 Å². The van der Waals surface area contributed by atoms with E-state index in [2.05, 4.69) is 25.3 Å². The maximum absolute atomic E-state index is 14.2. The predicted molar refractivity (Wildman–Crippen MR) is 133 cm³/mol. The van der Waals surface area contributed by atoms with Crippen molar-refractivity contribution < 1.29 is 23.0 Å². The number of anilines is 2. The molecule has 1 amide bonds. The van der Waals surface area contributed by atoms with E-state index in [1.165, 1.54) is 11.7 Å². The minimum absolute atomic E-state index is 0.00884. The van der Waals surface area contributed by atoms with Crippen LogP contribution in [-0.2, 0) is 9.53 Å². The second-order valence-corrected chi connectivity index (χ2v) is 9.02. The van der Waals surface area contributed by atoms with Gasteiger partial charge in [-0.1, -0.05) is 6.07 Å². The zero-order valence-electron chi connectivity index (χ0n) is 20.2. The lowest BCUT2D eigenvalue weighted by Gasteiger charge is -2.33. The number of piperidine rings is 1. The van der Waals surface area contributed by atoms with Crippen LogP contribution < -0.4 is 15.0 Å². The number of rotatable bonds is 7. The van der Waals surface area contributed by atoms with Crippen LogP contribution in [0.1, 0.15) is 25.1 Å². The number of hydrogen-bond donors (Lipinski definition) is 1. The van der Waals surface area contributed by atoms with Gasteiger partial charge in [-0.3, -0.25) is 9.36 Å². The number of morpholine rings is 1. The molecule has 37 heavy (non-hydrogen) atoms. The van der Waals surface area contributed by atoms with Gasteiger partial charge < -0.3 is 24.6 Å². The molecule has 1 aromatic carbocycles. The average molecular weight is 537 g/mol. The molecule has 0 saturated carbocycles. The van der Waals surface area contributed by atoms with Gasteiger partial charge in [0.2, 0.25) is 23.8 Å². The Labute approximate surface area is 216 Å². The molecule has 5 rings (SSSR count). The number of nitrogens with one attached hydrogen (secondary N) is 1. The minimum atomic E-state index is -2.88. The van der Waals surface area contributed by atoms with Crippen LogP contribution in [0.2, 0.25) is 0 Å². The van der Waals surface area contributed by atoms with Gasteiger partial charge in [-0.2, -0.15) is 15.0 Å². The zero-order valence-corrected chi connectivity index (χ0v) is 21.0. The van der Waals surface area contributed by atoms with Gasteiger partial charge in [-0.25, -0.2) is 13.8 Å². The minimum Gasteiger partial charge on any atom is -0.494 e. The molecule has 14 heteroatoms. The fraction of sp³-hybridized carbons (Fsp3) is 0.522. The van der Waals surface area contributed by atoms with E-state index in [0.717, 1.165) is 12.8 Å². The summed E-state index contributed by atoms with van der Waals surface area (Å²) >= 11 is 5.75. The van der Waals surface area contributed by atoms with Crippen molar-refractivity contribution in [1.29, 1.82) is 0 Å². The number of likely N-dealkylation sites (tertiary alicyclic amines) is 1. The smallest absolute Gasteiger partial charge is 0.296 e. The Bertz CT molecular complexity index is 1270. The molecule has 2 aliphatic rings. The third-order valence-corrected chi connectivity index (χ3v) is 6.65. The van der Waals surface area contributed by atoms with Gasteiger partial charge in [-0.05, 0) is 25.0 Å². The molecule has 4 heterocycles. The van der Waals surface area contributed by atoms with Gasteiger partial charge in [-0.15, -0.1) is 11.6 Å². The molecule has 3 aromatic rings. The summed E-state index contributed by atoms with van der Waals surface area (Å²) in [5, 5.41) is 3.29. The number of hydrogen-bond acceptors (Lipinski definition) is 9. The van der Waals surface area contributed by atoms with Crippen LogP contribution in [0.3, 0.4) is 0 Å². The molecule has 2 saturated heterocycles. The number of carbonyl (C=O) groups excluding carboxylic acids is 1. The quantitative estimate of drug-likeness (QED) is 0.455. The topological polar surface area (TPSA) is 111 Å². The van der Waals surface area contributed by atoms with Crippen LogP contribution >= 0.6 is 11.6 Å². The molecule has 0 spiro atoms. The third kappa shape index (κ3) is 5.23. The van der Waals surface area contributed by atoms with E-state index in [1.807, 2.05) is 4.90 Å². The molecule has 0 radical (unpaired) electrons. The zero-order chi connectivity index (χ0) is 25.9. The number of fused-ring (bicyclic) bond motifs is 1. The van der Waals surface area contributed by atoms with Crippen molar-refractivity contribution in [1.82, 2.24) is 29.4 Å². The number of benzene rings is 1. The first kappa shape index (κ1) is 25.3. The summed E-state index contributed by atoms with van der Waals surface area (Å²) in [6, 6.07) is 4.88. The number of amides is 1. The van der Waals surface area contributed by atoms with E-state index < -0.39 is 12.2 Å². The van der Waals surface area contributed by atoms with Gasteiger partial charge >= 0.3 is 0 Å². The summed E-state index contributed by atoms with van der Waals surface area (Å²) in [6.45, 7) is 3.15. The molecule has 198 valence electrons. The predicted octanol–water partition coefficient (Wildman–Crippen LogP) is 2.64. The van der Waals surface area contributed by atoms with Gasteiger partial charge in [0.05, 0.1) is 25.8 Å². The Balaban J connectivity index is 1.58. The Kier molecular flexibility index (Phi) is 7.51. The highest BCUT2D eigenvalue weighted by Crippen LogP contribution is 2.32. The second-order valence-electron chi connectivity index (χ2n) is 8.75. The molecule has 0 bridgehead atoms. The highest BCUT2D eigenvalue weighted by atomic mass is 35.5. The number of halogens is 3. The van der Waals surface area contributed by atoms with Crippen molar-refractivity contribution in [2.45, 2.75) is 25.3 Å². The monoisotopic (exact) mass is 536 g/mol. The Morgan fingerprint density at radius 1 is 1.19 bits per heavy atom. The van der Waals surface area contributed by atoms with Crippen LogP contribution in [0.15, 0.2) is 18.2 Å². The van der Waals surface area contributed by atoms with E-state index in [-0.39, 0.29) is 35.2 Å². The molecular formula is C23H27ClF2N8O3. The van der Waals surface area contributed by atoms with Crippen molar-refractivity contribution in [2.24, 2.45) is 0 Å². The lowest BCUT2D eigenvalue weighted by atomic mass is 10.1. The number of nitrogens with zero attached hydrogens (tertiary/aromatic N) is 7. The average Bonchev–Trinajstić information content (AvgIpc) is 3.33. The van der Waals surface area contributed by atoms with Gasteiger partial charge in [0, 0.05) is 32.2 Å². The molecular weight excluding hydrogens is 510 g/mol. The highest BCUT2D eigenvalue weighted by molar-refractivity contribution is 6.27. The van der Waals surface area contributed by atoms with Crippen LogP contribution in [0.25, 0.3) is 17.0 Å². The molecule has 1 N–H and O–H groups in total. The number of imidazole rings is 1. The summed E-state index contributed by atoms with van der Waals surface area (Å²) < 4.78 is 40.4. The lowest BCUT2D eigenvalue weighted by molar-refractivity contribution is -0.129. The molecule has 11 nitrogen and oxygen atoms in total. The summed E-state index contributed by atoms with van der Waals surface area (Å²) in [7, 11) is 1.46. The fourth-order valence-electron chi connectivity index (χ4n) is 4.62. The number of ether oxygens (including phenoxy) is 2. The van der Waals surface area contributed by atoms with Crippen molar-refractivity contribution in [3.63, 3.8) is 0 Å². The number of alkyl halides is 3. The fourth-order valence-corrected chi connectivity index (χ4v) is 4.79. The largest absolute Gasteiger partial charge is 0.494 e. The number of methoxy groups -OCH3 is 1. The first-order chi connectivity index (χ1) is 18.0. The standard InChI is InChI=1S/C23H27ClF2N8O3/c1-36-16-6-2-5-15-18(16)28-20(19(25)26)34(15)23-30-21(29-22(31-23)32-8-10-37-11-9-32)27-14-4-3-7-33(13-14)17(35)12-24/h2,5-6,14,19H,3-4,7-13H2,1H3,(H,27,29,30,31). The van der Waals surface area contributed by atoms with Gasteiger partial charge in [0.1, 0.15) is 17.1 Å². The number of carbonyl (C=O) groups is 1. The molecule has 2 aromatic heterocycles. The number of aromatic nitrogens is 5. The molecule has 1 atom stereocenters. The first-order valence-electron chi connectivity index (χ1n) is 12.0. The van der Waals surface area contributed by atoms with Crippen LogP contribution in [0.4, 0.5) is 20.7 Å². The van der Waals surface area contributed by atoms with E-state index in [4.69, 9.17) is 21.1 Å². The SMILES string of the molecule is COc1cccc2c1nc(C(F)F)n2-c1nc(NC2CCCN(C(=O)CCl)C2)nc(N2CCOCC2)n1. The first-order valence-corrected chi connectivity index (χ1v) is 12.5. The maximum atomic E-state index is 14.2.